The van der Waals surface area contributed by atoms with Crippen molar-refractivity contribution in [3.05, 3.63) is 24.3 Å². The number of benzene rings is 1. The number of carbonyl (C=O) groups is 1. The third-order valence-electron chi connectivity index (χ3n) is 3.09. The molecule has 1 heterocycles. The number of halogens is 2. The van der Waals surface area contributed by atoms with Crippen LogP contribution < -0.4 is 10.1 Å². The van der Waals surface area contributed by atoms with Gasteiger partial charge in [-0.15, -0.1) is 5.10 Å². The van der Waals surface area contributed by atoms with E-state index in [1.165, 1.54) is 23.9 Å². The number of tetrazole rings is 1. The molecule has 0 bridgehead atoms. The maximum absolute atomic E-state index is 12.4. The lowest BCUT2D eigenvalue weighted by Crippen LogP contribution is -2.27. The number of alkyl halides is 2. The first-order valence-electron chi connectivity index (χ1n) is 7.48. The second kappa shape index (κ2) is 7.77. The van der Waals surface area contributed by atoms with E-state index in [1.807, 2.05) is 20.8 Å². The van der Waals surface area contributed by atoms with Gasteiger partial charge in [0, 0.05) is 0 Å². The predicted molar refractivity (Wildman–Crippen MR) is 89.8 cm³/mol. The lowest BCUT2D eigenvalue weighted by Gasteiger charge is -2.20. The van der Waals surface area contributed by atoms with Gasteiger partial charge >= 0.3 is 6.61 Å². The second-order valence-electron chi connectivity index (χ2n) is 6.17. The highest BCUT2D eigenvalue weighted by atomic mass is 32.2. The van der Waals surface area contributed by atoms with Crippen LogP contribution in [0.2, 0.25) is 0 Å². The lowest BCUT2D eigenvalue weighted by atomic mass is 10.1. The van der Waals surface area contributed by atoms with Crippen LogP contribution in [-0.4, -0.2) is 38.0 Å². The molecule has 0 spiro atoms. The molecule has 1 N–H and O–H groups in total. The van der Waals surface area contributed by atoms with E-state index < -0.39 is 11.9 Å². The smallest absolute Gasteiger partial charge is 0.387 e. The maximum Gasteiger partial charge on any atom is 0.387 e. The molecule has 7 nitrogen and oxygen atoms in total. The number of amides is 1. The Labute approximate surface area is 148 Å². The van der Waals surface area contributed by atoms with Crippen LogP contribution in [0.25, 0.3) is 0 Å². The molecule has 0 saturated carbocycles. The summed E-state index contributed by atoms with van der Waals surface area (Å²) < 4.78 is 30.9. The standard InChI is InChI=1S/C15H19F2N5O2S/c1-9(25-14-19-20-21-22(14)15(2,3)4)12(23)18-10-7-5-6-8-11(10)24-13(16)17/h5-9,13H,1-4H3,(H,18,23)/t9-/m1/s1. The molecule has 0 saturated heterocycles. The molecule has 0 aliphatic heterocycles. The summed E-state index contributed by atoms with van der Waals surface area (Å²) in [5.41, 5.74) is -0.157. The zero-order chi connectivity index (χ0) is 18.6. The van der Waals surface area contributed by atoms with Crippen LogP contribution in [0, 0.1) is 0 Å². The average molecular weight is 371 g/mol. The predicted octanol–water partition coefficient (Wildman–Crippen LogP) is 3.15. The summed E-state index contributed by atoms with van der Waals surface area (Å²) in [7, 11) is 0. The van der Waals surface area contributed by atoms with E-state index in [9.17, 15) is 13.6 Å². The number of hydrogen-bond acceptors (Lipinski definition) is 6. The lowest BCUT2D eigenvalue weighted by molar-refractivity contribution is -0.115. The molecule has 2 rings (SSSR count). The van der Waals surface area contributed by atoms with Crippen molar-refractivity contribution in [3.8, 4) is 5.75 Å². The number of para-hydroxylation sites is 2. The molecule has 1 aromatic carbocycles. The van der Waals surface area contributed by atoms with Gasteiger partial charge in [0.05, 0.1) is 16.5 Å². The number of ether oxygens (including phenoxy) is 1. The Morgan fingerprint density at radius 1 is 1.32 bits per heavy atom. The van der Waals surface area contributed by atoms with Gasteiger partial charge in [-0.05, 0) is 50.3 Å². The first-order chi connectivity index (χ1) is 11.7. The molecular formula is C15H19F2N5O2S. The normalized spacial score (nSPS) is 12.9. The third-order valence-corrected chi connectivity index (χ3v) is 4.12. The summed E-state index contributed by atoms with van der Waals surface area (Å²) in [4.78, 5) is 12.4. The Balaban J connectivity index is 2.08. The van der Waals surface area contributed by atoms with Gasteiger partial charge in [-0.25, -0.2) is 4.68 Å². The highest BCUT2D eigenvalue weighted by molar-refractivity contribution is 8.00. The molecule has 1 atom stereocenters. The molecule has 25 heavy (non-hydrogen) atoms. The number of anilines is 1. The monoisotopic (exact) mass is 371 g/mol. The Morgan fingerprint density at radius 2 is 2.00 bits per heavy atom. The summed E-state index contributed by atoms with van der Waals surface area (Å²) in [6.45, 7) is 4.53. The number of aromatic nitrogens is 4. The Kier molecular flexibility index (Phi) is 5.93. The minimum Gasteiger partial charge on any atom is -0.433 e. The molecule has 0 aliphatic rings. The van der Waals surface area contributed by atoms with Crippen molar-refractivity contribution in [2.24, 2.45) is 0 Å². The van der Waals surface area contributed by atoms with Gasteiger partial charge in [-0.1, -0.05) is 23.9 Å². The Hall–Kier alpha value is -2.23. The zero-order valence-corrected chi connectivity index (χ0v) is 15.1. The van der Waals surface area contributed by atoms with E-state index in [-0.39, 0.29) is 22.9 Å². The number of carbonyl (C=O) groups excluding carboxylic acids is 1. The fraction of sp³-hybridized carbons (Fsp3) is 0.467. The van der Waals surface area contributed by atoms with Gasteiger partial charge < -0.3 is 10.1 Å². The molecule has 10 heteroatoms. The number of hydrogen-bond donors (Lipinski definition) is 1. The average Bonchev–Trinajstić information content (AvgIpc) is 2.97. The molecule has 0 unspecified atom stereocenters. The Morgan fingerprint density at radius 3 is 2.64 bits per heavy atom. The molecule has 1 aromatic heterocycles. The summed E-state index contributed by atoms with van der Waals surface area (Å²) in [5.74, 6) is -0.471. The summed E-state index contributed by atoms with van der Waals surface area (Å²) in [6.07, 6.45) is 0. The fourth-order valence-corrected chi connectivity index (χ4v) is 2.86. The van der Waals surface area contributed by atoms with Crippen molar-refractivity contribution in [2.75, 3.05) is 5.32 Å². The quantitative estimate of drug-likeness (QED) is 0.786. The molecular weight excluding hydrogens is 352 g/mol. The SMILES string of the molecule is C[C@@H](Sc1nnnn1C(C)(C)C)C(=O)Nc1ccccc1OC(F)F. The second-order valence-corrected chi connectivity index (χ2v) is 7.48. The number of nitrogens with one attached hydrogen (secondary N) is 1. The van der Waals surface area contributed by atoms with Gasteiger partial charge in [0.15, 0.2) is 0 Å². The molecule has 136 valence electrons. The number of rotatable bonds is 6. The van der Waals surface area contributed by atoms with Crippen molar-refractivity contribution < 1.29 is 18.3 Å². The van der Waals surface area contributed by atoms with E-state index in [2.05, 4.69) is 25.6 Å². The van der Waals surface area contributed by atoms with Gasteiger partial charge in [0.1, 0.15) is 5.75 Å². The summed E-state index contributed by atoms with van der Waals surface area (Å²) in [5, 5.41) is 14.0. The highest BCUT2D eigenvalue weighted by Crippen LogP contribution is 2.28. The maximum atomic E-state index is 12.4. The number of thioether (sulfide) groups is 1. The molecule has 0 fully saturated rings. The van der Waals surface area contributed by atoms with E-state index in [0.717, 1.165) is 0 Å². The van der Waals surface area contributed by atoms with E-state index in [0.29, 0.717) is 5.16 Å². The molecule has 0 aliphatic carbocycles. The summed E-state index contributed by atoms with van der Waals surface area (Å²) >= 11 is 1.18. The van der Waals surface area contributed by atoms with E-state index in [1.54, 1.807) is 23.7 Å². The minimum absolute atomic E-state index is 0.0948. The van der Waals surface area contributed by atoms with Crippen molar-refractivity contribution >= 4 is 23.4 Å². The van der Waals surface area contributed by atoms with Gasteiger partial charge in [-0.2, -0.15) is 8.78 Å². The fourth-order valence-electron chi connectivity index (χ4n) is 1.89. The van der Waals surface area contributed by atoms with E-state index >= 15 is 0 Å². The van der Waals surface area contributed by atoms with Crippen LogP contribution in [0.1, 0.15) is 27.7 Å². The first kappa shape index (κ1) is 19.1. The number of nitrogens with zero attached hydrogens (tertiary/aromatic N) is 4. The third kappa shape index (κ3) is 5.12. The van der Waals surface area contributed by atoms with E-state index in [4.69, 9.17) is 0 Å². The van der Waals surface area contributed by atoms with Crippen molar-refractivity contribution in [1.29, 1.82) is 0 Å². The van der Waals surface area contributed by atoms with Gasteiger partial charge in [-0.3, -0.25) is 4.79 Å². The largest absolute Gasteiger partial charge is 0.433 e. The van der Waals surface area contributed by atoms with Crippen LogP contribution in [0.5, 0.6) is 5.75 Å². The molecule has 2 aromatic rings. The topological polar surface area (TPSA) is 81.9 Å². The minimum atomic E-state index is -2.97. The molecule has 0 radical (unpaired) electrons. The van der Waals surface area contributed by atoms with Crippen molar-refractivity contribution in [3.63, 3.8) is 0 Å². The molecule has 1 amide bonds. The summed E-state index contributed by atoms with van der Waals surface area (Å²) in [6, 6.07) is 6.01. The van der Waals surface area contributed by atoms with Crippen LogP contribution >= 0.6 is 11.8 Å². The van der Waals surface area contributed by atoms with Crippen LogP contribution in [0.3, 0.4) is 0 Å². The van der Waals surface area contributed by atoms with Crippen molar-refractivity contribution in [2.45, 2.75) is 50.3 Å². The Bertz CT molecular complexity index is 733. The van der Waals surface area contributed by atoms with Crippen LogP contribution in [-0.2, 0) is 10.3 Å². The van der Waals surface area contributed by atoms with Crippen LogP contribution in [0.4, 0.5) is 14.5 Å². The highest BCUT2D eigenvalue weighted by Gasteiger charge is 2.24. The van der Waals surface area contributed by atoms with Gasteiger partial charge in [0.25, 0.3) is 0 Å². The van der Waals surface area contributed by atoms with Crippen LogP contribution in [0.15, 0.2) is 29.4 Å². The zero-order valence-electron chi connectivity index (χ0n) is 14.2. The van der Waals surface area contributed by atoms with Crippen molar-refractivity contribution in [1.82, 2.24) is 20.2 Å². The first-order valence-corrected chi connectivity index (χ1v) is 8.36. The van der Waals surface area contributed by atoms with Gasteiger partial charge in [0.2, 0.25) is 11.1 Å².